The van der Waals surface area contributed by atoms with Gasteiger partial charge in [-0.3, -0.25) is 0 Å². The number of fused-ring (bicyclic) bond motifs is 2. The number of aliphatic hydroxyl groups is 1. The van der Waals surface area contributed by atoms with Gasteiger partial charge in [-0.05, 0) is 57.1 Å². The molecule has 4 heteroatoms. The normalized spacial score (nSPS) is 28.5. The van der Waals surface area contributed by atoms with Crippen molar-refractivity contribution in [1.29, 1.82) is 5.26 Å². The number of piperidine rings is 1. The molecule has 3 rings (SSSR count). The lowest BCUT2D eigenvalue weighted by Gasteiger charge is -2.40. The highest BCUT2D eigenvalue weighted by molar-refractivity contribution is 5.60. The van der Waals surface area contributed by atoms with Crippen molar-refractivity contribution in [2.45, 2.75) is 51.6 Å². The van der Waals surface area contributed by atoms with E-state index < -0.39 is 0 Å². The lowest BCUT2D eigenvalue weighted by atomic mass is 9.91. The molecule has 2 fully saturated rings. The van der Waals surface area contributed by atoms with Crippen LogP contribution in [-0.4, -0.2) is 28.8 Å². The van der Waals surface area contributed by atoms with Crippen LogP contribution in [0.1, 0.15) is 42.5 Å². The fourth-order valence-electron chi connectivity index (χ4n) is 3.93. The Hall–Kier alpha value is -1.60. The zero-order chi connectivity index (χ0) is 14.3. The fourth-order valence-corrected chi connectivity index (χ4v) is 3.93. The zero-order valence-electron chi connectivity index (χ0n) is 12.1. The second-order valence-corrected chi connectivity index (χ2v) is 6.20. The van der Waals surface area contributed by atoms with Gasteiger partial charge in [-0.2, -0.15) is 5.26 Å². The first-order valence-electron chi connectivity index (χ1n) is 7.41. The minimum atomic E-state index is 0.284. The van der Waals surface area contributed by atoms with E-state index in [0.717, 1.165) is 48.3 Å². The van der Waals surface area contributed by atoms with E-state index in [1.165, 1.54) is 0 Å². The van der Waals surface area contributed by atoms with Crippen molar-refractivity contribution in [2.75, 3.05) is 11.5 Å². The number of nitriles is 1. The van der Waals surface area contributed by atoms with Crippen molar-refractivity contribution >= 4 is 5.82 Å². The Kier molecular flexibility index (Phi) is 3.39. The number of anilines is 1. The fraction of sp³-hybridized carbons (Fsp3) is 0.625. The standard InChI is InChI=1S/C16H21N3O/c1-10-5-11(2)18-16(15(10)8-17)19-13-3-4-14(19)7-12(6-13)9-20/h5,12-14,20H,3-4,6-7,9H2,1-2H3/t12?,13-,14+. The molecule has 0 radical (unpaired) electrons. The summed E-state index contributed by atoms with van der Waals surface area (Å²) >= 11 is 0. The number of pyridine rings is 1. The molecule has 3 heterocycles. The molecule has 106 valence electrons. The molecule has 2 bridgehead atoms. The molecule has 20 heavy (non-hydrogen) atoms. The van der Waals surface area contributed by atoms with E-state index in [2.05, 4.69) is 16.0 Å². The molecule has 0 saturated carbocycles. The Balaban J connectivity index is 2.01. The van der Waals surface area contributed by atoms with Crippen molar-refractivity contribution in [3.63, 3.8) is 0 Å². The molecule has 1 N–H and O–H groups in total. The van der Waals surface area contributed by atoms with Crippen LogP contribution in [0, 0.1) is 31.1 Å². The van der Waals surface area contributed by atoms with Gasteiger partial charge in [0.1, 0.15) is 11.9 Å². The third kappa shape index (κ3) is 2.06. The summed E-state index contributed by atoms with van der Waals surface area (Å²) < 4.78 is 0. The molecule has 1 unspecified atom stereocenters. The Morgan fingerprint density at radius 3 is 2.55 bits per heavy atom. The number of aromatic nitrogens is 1. The smallest absolute Gasteiger partial charge is 0.147 e. The monoisotopic (exact) mass is 271 g/mol. The lowest BCUT2D eigenvalue weighted by molar-refractivity contribution is 0.185. The van der Waals surface area contributed by atoms with E-state index in [1.807, 2.05) is 19.9 Å². The molecule has 0 aromatic carbocycles. The van der Waals surface area contributed by atoms with Gasteiger partial charge in [-0.25, -0.2) is 4.98 Å². The predicted molar refractivity (Wildman–Crippen MR) is 77.5 cm³/mol. The van der Waals surface area contributed by atoms with E-state index in [-0.39, 0.29) is 6.61 Å². The molecule has 2 aliphatic heterocycles. The second-order valence-electron chi connectivity index (χ2n) is 6.20. The van der Waals surface area contributed by atoms with Crippen LogP contribution in [0.15, 0.2) is 6.07 Å². The molecule has 2 aliphatic rings. The molecular formula is C16H21N3O. The van der Waals surface area contributed by atoms with E-state index in [1.54, 1.807) is 0 Å². The van der Waals surface area contributed by atoms with Crippen molar-refractivity contribution in [3.8, 4) is 6.07 Å². The molecule has 0 amide bonds. The number of hydrogen-bond donors (Lipinski definition) is 1. The van der Waals surface area contributed by atoms with Crippen LogP contribution in [-0.2, 0) is 0 Å². The molecule has 1 aromatic rings. The summed E-state index contributed by atoms with van der Waals surface area (Å²) in [5.41, 5.74) is 2.70. The first kappa shape index (κ1) is 13.4. The highest BCUT2D eigenvalue weighted by atomic mass is 16.3. The van der Waals surface area contributed by atoms with Crippen molar-refractivity contribution in [2.24, 2.45) is 5.92 Å². The third-order valence-corrected chi connectivity index (χ3v) is 4.77. The van der Waals surface area contributed by atoms with Crippen LogP contribution in [0.4, 0.5) is 5.82 Å². The average molecular weight is 271 g/mol. The van der Waals surface area contributed by atoms with Crippen molar-refractivity contribution < 1.29 is 5.11 Å². The van der Waals surface area contributed by atoms with E-state index in [9.17, 15) is 10.4 Å². The lowest BCUT2D eigenvalue weighted by Crippen LogP contribution is -2.44. The molecule has 4 nitrogen and oxygen atoms in total. The molecule has 0 aliphatic carbocycles. The van der Waals surface area contributed by atoms with Gasteiger partial charge in [0.05, 0.1) is 5.56 Å². The van der Waals surface area contributed by atoms with Crippen LogP contribution in [0.25, 0.3) is 0 Å². The van der Waals surface area contributed by atoms with Gasteiger partial charge in [0, 0.05) is 24.4 Å². The summed E-state index contributed by atoms with van der Waals surface area (Å²) in [5.74, 6) is 1.29. The van der Waals surface area contributed by atoms with E-state index >= 15 is 0 Å². The molecular weight excluding hydrogens is 250 g/mol. The van der Waals surface area contributed by atoms with E-state index in [4.69, 9.17) is 0 Å². The van der Waals surface area contributed by atoms with Crippen LogP contribution in [0.2, 0.25) is 0 Å². The van der Waals surface area contributed by atoms with Crippen LogP contribution >= 0.6 is 0 Å². The minimum absolute atomic E-state index is 0.284. The van der Waals surface area contributed by atoms with Crippen molar-refractivity contribution in [1.82, 2.24) is 4.98 Å². The quantitative estimate of drug-likeness (QED) is 0.896. The number of hydrogen-bond acceptors (Lipinski definition) is 4. The number of aliphatic hydroxyl groups excluding tert-OH is 1. The SMILES string of the molecule is Cc1cc(C)c(C#N)c(N2[C@@H]3CC[C@H]2CC(CO)C3)n1. The summed E-state index contributed by atoms with van der Waals surface area (Å²) in [7, 11) is 0. The van der Waals surface area contributed by atoms with Gasteiger partial charge in [0.25, 0.3) is 0 Å². The predicted octanol–water partition coefficient (Wildman–Crippen LogP) is 2.31. The Labute approximate surface area is 120 Å². The number of aryl methyl sites for hydroxylation is 2. The van der Waals surface area contributed by atoms with Crippen LogP contribution < -0.4 is 4.90 Å². The van der Waals surface area contributed by atoms with E-state index in [0.29, 0.717) is 18.0 Å². The van der Waals surface area contributed by atoms with Gasteiger partial charge >= 0.3 is 0 Å². The van der Waals surface area contributed by atoms with Crippen LogP contribution in [0.3, 0.4) is 0 Å². The number of rotatable bonds is 2. The largest absolute Gasteiger partial charge is 0.396 e. The summed E-state index contributed by atoms with van der Waals surface area (Å²) in [6.45, 7) is 4.26. The van der Waals surface area contributed by atoms with Crippen molar-refractivity contribution in [3.05, 3.63) is 22.9 Å². The highest BCUT2D eigenvalue weighted by Gasteiger charge is 2.42. The van der Waals surface area contributed by atoms with Gasteiger partial charge in [0.15, 0.2) is 0 Å². The molecule has 1 aromatic heterocycles. The third-order valence-electron chi connectivity index (χ3n) is 4.77. The molecule has 3 atom stereocenters. The maximum Gasteiger partial charge on any atom is 0.147 e. The van der Waals surface area contributed by atoms with Gasteiger partial charge in [-0.1, -0.05) is 0 Å². The average Bonchev–Trinajstić information content (AvgIpc) is 2.68. The van der Waals surface area contributed by atoms with Gasteiger partial charge in [-0.15, -0.1) is 0 Å². The van der Waals surface area contributed by atoms with Crippen LogP contribution in [0.5, 0.6) is 0 Å². The maximum atomic E-state index is 9.46. The Bertz CT molecular complexity index is 550. The first-order valence-corrected chi connectivity index (χ1v) is 7.41. The highest BCUT2D eigenvalue weighted by Crippen LogP contribution is 2.42. The topological polar surface area (TPSA) is 60.2 Å². The minimum Gasteiger partial charge on any atom is -0.396 e. The maximum absolute atomic E-state index is 9.46. The summed E-state index contributed by atoms with van der Waals surface area (Å²) in [5, 5.41) is 18.9. The van der Waals surface area contributed by atoms with Gasteiger partial charge < -0.3 is 10.0 Å². The number of nitrogens with zero attached hydrogens (tertiary/aromatic N) is 3. The second kappa shape index (κ2) is 5.06. The summed E-state index contributed by atoms with van der Waals surface area (Å²) in [4.78, 5) is 7.03. The Morgan fingerprint density at radius 2 is 2.00 bits per heavy atom. The molecule has 2 saturated heterocycles. The Morgan fingerprint density at radius 1 is 1.35 bits per heavy atom. The van der Waals surface area contributed by atoms with Gasteiger partial charge in [0.2, 0.25) is 0 Å². The first-order chi connectivity index (χ1) is 9.63. The summed E-state index contributed by atoms with van der Waals surface area (Å²) in [6, 6.07) is 5.18. The molecule has 0 spiro atoms. The zero-order valence-corrected chi connectivity index (χ0v) is 12.1. The summed E-state index contributed by atoms with van der Waals surface area (Å²) in [6.07, 6.45) is 4.35.